The molecule has 0 spiro atoms. The number of nitrogens with one attached hydrogen (secondary N) is 2. The molecule has 1 aromatic carbocycles. The van der Waals surface area contributed by atoms with Crippen molar-refractivity contribution in [3.63, 3.8) is 0 Å². The Hall–Kier alpha value is -2.94. The van der Waals surface area contributed by atoms with E-state index < -0.39 is 0 Å². The van der Waals surface area contributed by atoms with Crippen LogP contribution in [0.3, 0.4) is 0 Å². The molecule has 172 valence electrons. The fourth-order valence-corrected chi connectivity index (χ4v) is 4.67. The standard InChI is InChI=1S/C23H34N8O/c1-15-8-9-17-16(14-15)20(28-18-6-2-3-7-19(18)29-23(24)25)30-21(27-17)22(32)26-10-13-31-11-4-5-12-31/h8-9,14,18-19H,2-7,10-13H2,1H3,(H,26,32)(H4,24,25,29)(H,27,28,30). The van der Waals surface area contributed by atoms with Gasteiger partial charge in [-0.2, -0.15) is 0 Å². The molecule has 9 heteroatoms. The van der Waals surface area contributed by atoms with Crippen LogP contribution in [0.5, 0.6) is 0 Å². The number of hydrogen-bond donors (Lipinski definition) is 4. The normalized spacial score (nSPS) is 21.4. The van der Waals surface area contributed by atoms with E-state index >= 15 is 0 Å². The van der Waals surface area contributed by atoms with E-state index in [1.807, 2.05) is 25.1 Å². The van der Waals surface area contributed by atoms with Gasteiger partial charge in [-0.05, 0) is 57.8 Å². The van der Waals surface area contributed by atoms with Crippen LogP contribution in [0.15, 0.2) is 23.2 Å². The molecule has 2 unspecified atom stereocenters. The summed E-state index contributed by atoms with van der Waals surface area (Å²) in [6.07, 6.45) is 6.52. The molecule has 1 aliphatic heterocycles. The maximum Gasteiger partial charge on any atom is 0.289 e. The lowest BCUT2D eigenvalue weighted by molar-refractivity contribution is 0.0940. The highest BCUT2D eigenvalue weighted by Gasteiger charge is 2.26. The van der Waals surface area contributed by atoms with Gasteiger partial charge in [-0.1, -0.05) is 24.5 Å². The van der Waals surface area contributed by atoms with Crippen LogP contribution in [0.2, 0.25) is 0 Å². The van der Waals surface area contributed by atoms with Gasteiger partial charge in [0.15, 0.2) is 5.96 Å². The topological polar surface area (TPSA) is 135 Å². The average molecular weight is 439 g/mol. The molecule has 0 radical (unpaired) electrons. The number of rotatable bonds is 7. The summed E-state index contributed by atoms with van der Waals surface area (Å²) in [7, 11) is 0. The van der Waals surface area contributed by atoms with Crippen LogP contribution in [0.25, 0.3) is 10.9 Å². The molecule has 1 saturated carbocycles. The first-order chi connectivity index (χ1) is 15.5. The number of likely N-dealkylation sites (tertiary alicyclic amines) is 1. The number of aromatic nitrogens is 2. The number of nitrogens with two attached hydrogens (primary N) is 2. The molecule has 1 amide bonds. The Morgan fingerprint density at radius 3 is 2.72 bits per heavy atom. The van der Waals surface area contributed by atoms with E-state index in [0.717, 1.165) is 61.8 Å². The molecule has 32 heavy (non-hydrogen) atoms. The van der Waals surface area contributed by atoms with Crippen LogP contribution in [0.1, 0.15) is 54.7 Å². The molecule has 2 aliphatic rings. The lowest BCUT2D eigenvalue weighted by Gasteiger charge is -2.30. The Labute approximate surface area is 189 Å². The van der Waals surface area contributed by atoms with Gasteiger partial charge in [0.2, 0.25) is 5.82 Å². The van der Waals surface area contributed by atoms with Crippen LogP contribution in [-0.4, -0.2) is 65.0 Å². The number of nitrogens with zero attached hydrogens (tertiary/aromatic N) is 4. The minimum atomic E-state index is -0.251. The van der Waals surface area contributed by atoms with Crippen molar-refractivity contribution in [3.8, 4) is 0 Å². The van der Waals surface area contributed by atoms with Crippen LogP contribution < -0.4 is 22.1 Å². The zero-order chi connectivity index (χ0) is 22.5. The number of fused-ring (bicyclic) bond motifs is 1. The van der Waals surface area contributed by atoms with Gasteiger partial charge in [-0.15, -0.1) is 0 Å². The summed E-state index contributed by atoms with van der Waals surface area (Å²) in [6.45, 7) is 5.69. The highest BCUT2D eigenvalue weighted by atomic mass is 16.2. The maximum absolute atomic E-state index is 12.8. The van der Waals surface area contributed by atoms with Gasteiger partial charge in [-0.3, -0.25) is 4.79 Å². The lowest BCUT2D eigenvalue weighted by atomic mass is 9.90. The third-order valence-corrected chi connectivity index (χ3v) is 6.33. The number of aliphatic imine (C=N–C) groups is 1. The first-order valence-electron chi connectivity index (χ1n) is 11.6. The molecule has 1 saturated heterocycles. The van der Waals surface area contributed by atoms with Gasteiger partial charge in [-0.25, -0.2) is 15.0 Å². The minimum Gasteiger partial charge on any atom is -0.370 e. The van der Waals surface area contributed by atoms with Crippen LogP contribution >= 0.6 is 0 Å². The second-order valence-corrected chi connectivity index (χ2v) is 8.88. The van der Waals surface area contributed by atoms with Crippen molar-refractivity contribution >= 4 is 28.6 Å². The molecular formula is C23H34N8O. The second kappa shape index (κ2) is 10.1. The van der Waals surface area contributed by atoms with Gasteiger partial charge in [0.05, 0.1) is 17.6 Å². The molecule has 2 heterocycles. The fraction of sp³-hybridized carbons (Fsp3) is 0.565. The van der Waals surface area contributed by atoms with Gasteiger partial charge in [0.25, 0.3) is 5.91 Å². The van der Waals surface area contributed by atoms with Gasteiger partial charge in [0, 0.05) is 18.5 Å². The Kier molecular flexibility index (Phi) is 7.04. The van der Waals surface area contributed by atoms with Crippen molar-refractivity contribution in [2.45, 2.75) is 57.5 Å². The second-order valence-electron chi connectivity index (χ2n) is 8.88. The van der Waals surface area contributed by atoms with Crippen LogP contribution in [0.4, 0.5) is 5.82 Å². The third-order valence-electron chi connectivity index (χ3n) is 6.33. The van der Waals surface area contributed by atoms with E-state index in [2.05, 4.69) is 30.5 Å². The highest BCUT2D eigenvalue weighted by Crippen LogP contribution is 2.28. The van der Waals surface area contributed by atoms with E-state index in [-0.39, 0.29) is 29.8 Å². The van der Waals surface area contributed by atoms with E-state index in [0.29, 0.717) is 12.4 Å². The molecule has 0 bridgehead atoms. The highest BCUT2D eigenvalue weighted by molar-refractivity contribution is 5.96. The molecule has 9 nitrogen and oxygen atoms in total. The molecule has 1 aliphatic carbocycles. The van der Waals surface area contributed by atoms with Gasteiger partial charge >= 0.3 is 0 Å². The Balaban J connectivity index is 1.56. The summed E-state index contributed by atoms with van der Waals surface area (Å²) in [4.78, 5) is 28.8. The zero-order valence-electron chi connectivity index (χ0n) is 18.8. The summed E-state index contributed by atoms with van der Waals surface area (Å²) < 4.78 is 0. The number of amides is 1. The van der Waals surface area contributed by atoms with E-state index in [1.54, 1.807) is 0 Å². The number of benzene rings is 1. The molecule has 4 rings (SSSR count). The maximum atomic E-state index is 12.8. The first-order valence-corrected chi connectivity index (χ1v) is 11.6. The first kappa shape index (κ1) is 22.3. The minimum absolute atomic E-state index is 0.0127. The third kappa shape index (κ3) is 5.45. The smallest absolute Gasteiger partial charge is 0.289 e. The van der Waals surface area contributed by atoms with E-state index in [4.69, 9.17) is 11.5 Å². The number of aryl methyl sites for hydroxylation is 1. The lowest BCUT2D eigenvalue weighted by Crippen LogP contribution is -2.39. The predicted molar refractivity (Wildman–Crippen MR) is 128 cm³/mol. The summed E-state index contributed by atoms with van der Waals surface area (Å²) in [5.41, 5.74) is 13.2. The number of carbonyl (C=O) groups excluding carboxylic acids is 1. The largest absolute Gasteiger partial charge is 0.370 e. The van der Waals surface area contributed by atoms with Crippen molar-refractivity contribution in [1.29, 1.82) is 0 Å². The molecule has 6 N–H and O–H groups in total. The Bertz CT molecular complexity index is 981. The van der Waals surface area contributed by atoms with Gasteiger partial charge in [0.1, 0.15) is 5.82 Å². The zero-order valence-corrected chi connectivity index (χ0v) is 18.8. The van der Waals surface area contributed by atoms with E-state index in [1.165, 1.54) is 12.8 Å². The summed E-state index contributed by atoms with van der Waals surface area (Å²) in [5, 5.41) is 7.42. The Morgan fingerprint density at radius 1 is 1.16 bits per heavy atom. The molecular weight excluding hydrogens is 404 g/mol. The number of guanidine groups is 1. The Morgan fingerprint density at radius 2 is 1.94 bits per heavy atom. The molecule has 2 atom stereocenters. The van der Waals surface area contributed by atoms with E-state index in [9.17, 15) is 4.79 Å². The average Bonchev–Trinajstić information content (AvgIpc) is 3.28. The summed E-state index contributed by atoms with van der Waals surface area (Å²) >= 11 is 0. The number of hydrogen-bond acceptors (Lipinski definition) is 6. The SMILES string of the molecule is Cc1ccc2nc(C(=O)NCCN3CCCC3)nc(NC3CCCCC3N=C(N)N)c2c1. The molecule has 2 fully saturated rings. The molecule has 1 aromatic heterocycles. The monoisotopic (exact) mass is 438 g/mol. The quantitative estimate of drug-likeness (QED) is 0.382. The number of carbonyl (C=O) groups is 1. The van der Waals surface area contributed by atoms with Crippen molar-refractivity contribution < 1.29 is 4.79 Å². The molecule has 2 aromatic rings. The predicted octanol–water partition coefficient (Wildman–Crippen LogP) is 1.76. The van der Waals surface area contributed by atoms with Crippen molar-refractivity contribution in [2.75, 3.05) is 31.5 Å². The number of anilines is 1. The van der Waals surface area contributed by atoms with Crippen molar-refractivity contribution in [1.82, 2.24) is 20.2 Å². The summed E-state index contributed by atoms with van der Waals surface area (Å²) in [5.74, 6) is 0.690. The summed E-state index contributed by atoms with van der Waals surface area (Å²) in [6, 6.07) is 6.02. The van der Waals surface area contributed by atoms with Gasteiger partial charge < -0.3 is 27.0 Å². The van der Waals surface area contributed by atoms with Crippen LogP contribution in [-0.2, 0) is 0 Å². The van der Waals surface area contributed by atoms with Crippen molar-refractivity contribution in [2.24, 2.45) is 16.5 Å². The fourth-order valence-electron chi connectivity index (χ4n) is 4.67. The van der Waals surface area contributed by atoms with Crippen molar-refractivity contribution in [3.05, 3.63) is 29.6 Å². The van der Waals surface area contributed by atoms with Crippen LogP contribution in [0, 0.1) is 6.92 Å².